The summed E-state index contributed by atoms with van der Waals surface area (Å²) in [5, 5.41) is 11.0. The molecule has 0 fully saturated rings. The lowest BCUT2D eigenvalue weighted by Crippen LogP contribution is -2.30. The first kappa shape index (κ1) is 9.39. The van der Waals surface area contributed by atoms with Crippen LogP contribution in [0.15, 0.2) is 0 Å². The molecular formula is C6H14N2O2. The molecule has 0 saturated carbocycles. The van der Waals surface area contributed by atoms with E-state index in [0.29, 0.717) is 19.5 Å². The maximum atomic E-state index is 9.77. The molecule has 4 heteroatoms. The highest BCUT2D eigenvalue weighted by Gasteiger charge is 1.93. The summed E-state index contributed by atoms with van der Waals surface area (Å²) < 4.78 is 0. The molecule has 4 nitrogen and oxygen atoms in total. The number of rotatable bonds is 6. The number of amides is 1. The molecule has 60 valence electrons. The van der Waals surface area contributed by atoms with Crippen LogP contribution >= 0.6 is 0 Å². The Morgan fingerprint density at radius 2 is 2.30 bits per heavy atom. The molecule has 0 spiro atoms. The van der Waals surface area contributed by atoms with Gasteiger partial charge in [0, 0.05) is 19.6 Å². The number of hydrogen-bond donors (Lipinski definition) is 2. The van der Waals surface area contributed by atoms with Crippen molar-refractivity contribution in [1.29, 1.82) is 0 Å². The second-order valence-electron chi connectivity index (χ2n) is 2.10. The standard InChI is InChI=1S/C6H14N2O2/c1-8(4-5-9)3-2-7-6-10/h6,9H,2-5H2,1H3,(H,7,10). The van der Waals surface area contributed by atoms with Gasteiger partial charge in [-0.15, -0.1) is 0 Å². The number of carbonyl (C=O) groups is 1. The molecule has 2 N–H and O–H groups in total. The summed E-state index contributed by atoms with van der Waals surface area (Å²) in [6, 6.07) is 0. The van der Waals surface area contributed by atoms with E-state index >= 15 is 0 Å². The monoisotopic (exact) mass is 146 g/mol. The van der Waals surface area contributed by atoms with Crippen molar-refractivity contribution < 1.29 is 9.90 Å². The molecule has 0 radical (unpaired) electrons. The van der Waals surface area contributed by atoms with Crippen LogP contribution in [-0.2, 0) is 4.79 Å². The molecule has 0 unspecified atom stereocenters. The minimum Gasteiger partial charge on any atom is -0.395 e. The van der Waals surface area contributed by atoms with Crippen LogP contribution in [0.3, 0.4) is 0 Å². The van der Waals surface area contributed by atoms with Crippen LogP contribution in [0.2, 0.25) is 0 Å². The lowest BCUT2D eigenvalue weighted by atomic mass is 10.5. The number of hydrogen-bond acceptors (Lipinski definition) is 3. The molecule has 0 aromatic carbocycles. The summed E-state index contributed by atoms with van der Waals surface area (Å²) in [4.78, 5) is 11.7. The van der Waals surface area contributed by atoms with Gasteiger partial charge in [-0.2, -0.15) is 0 Å². The number of aliphatic hydroxyl groups excluding tert-OH is 1. The van der Waals surface area contributed by atoms with Crippen LogP contribution < -0.4 is 5.32 Å². The van der Waals surface area contributed by atoms with Gasteiger partial charge in [0.25, 0.3) is 0 Å². The zero-order valence-electron chi connectivity index (χ0n) is 6.21. The molecule has 0 aliphatic rings. The highest BCUT2D eigenvalue weighted by Crippen LogP contribution is 1.76. The van der Waals surface area contributed by atoms with E-state index in [1.165, 1.54) is 0 Å². The predicted octanol–water partition coefficient (Wildman–Crippen LogP) is -1.34. The first-order valence-corrected chi connectivity index (χ1v) is 3.27. The van der Waals surface area contributed by atoms with Gasteiger partial charge in [0.2, 0.25) is 6.41 Å². The second-order valence-corrected chi connectivity index (χ2v) is 2.10. The molecule has 0 rings (SSSR count). The Morgan fingerprint density at radius 1 is 1.60 bits per heavy atom. The van der Waals surface area contributed by atoms with Gasteiger partial charge < -0.3 is 15.3 Å². The van der Waals surface area contributed by atoms with E-state index in [1.54, 1.807) is 0 Å². The summed E-state index contributed by atoms with van der Waals surface area (Å²) >= 11 is 0. The lowest BCUT2D eigenvalue weighted by molar-refractivity contribution is -0.109. The minimum atomic E-state index is 0.164. The molecule has 0 aliphatic carbocycles. The molecule has 0 aliphatic heterocycles. The van der Waals surface area contributed by atoms with Gasteiger partial charge in [-0.1, -0.05) is 0 Å². The van der Waals surface area contributed by atoms with E-state index in [9.17, 15) is 4.79 Å². The Balaban J connectivity index is 3.04. The first-order chi connectivity index (χ1) is 4.81. The van der Waals surface area contributed by atoms with Crippen LogP contribution in [0.4, 0.5) is 0 Å². The minimum absolute atomic E-state index is 0.164. The highest BCUT2D eigenvalue weighted by molar-refractivity contribution is 5.45. The number of nitrogens with one attached hydrogen (secondary N) is 1. The van der Waals surface area contributed by atoms with Crippen LogP contribution in [0, 0.1) is 0 Å². The van der Waals surface area contributed by atoms with Crippen molar-refractivity contribution in [2.24, 2.45) is 0 Å². The van der Waals surface area contributed by atoms with Crippen molar-refractivity contribution in [2.45, 2.75) is 0 Å². The Kier molecular flexibility index (Phi) is 6.11. The predicted molar refractivity (Wildman–Crippen MR) is 38.6 cm³/mol. The van der Waals surface area contributed by atoms with Crippen molar-refractivity contribution in [2.75, 3.05) is 33.3 Å². The summed E-state index contributed by atoms with van der Waals surface area (Å²) in [7, 11) is 1.89. The normalized spacial score (nSPS) is 9.90. The third kappa shape index (κ3) is 5.53. The maximum absolute atomic E-state index is 9.77. The first-order valence-electron chi connectivity index (χ1n) is 3.27. The number of carbonyl (C=O) groups excluding carboxylic acids is 1. The fourth-order valence-electron chi connectivity index (χ4n) is 0.597. The fourth-order valence-corrected chi connectivity index (χ4v) is 0.597. The molecule has 10 heavy (non-hydrogen) atoms. The molecular weight excluding hydrogens is 132 g/mol. The number of likely N-dealkylation sites (N-methyl/N-ethyl adjacent to an activating group) is 1. The average Bonchev–Trinajstić information content (AvgIpc) is 1.89. The number of nitrogens with zero attached hydrogens (tertiary/aromatic N) is 1. The van der Waals surface area contributed by atoms with E-state index in [4.69, 9.17) is 5.11 Å². The van der Waals surface area contributed by atoms with Crippen LogP contribution in [0.25, 0.3) is 0 Å². The maximum Gasteiger partial charge on any atom is 0.207 e. The quantitative estimate of drug-likeness (QED) is 0.360. The van der Waals surface area contributed by atoms with Gasteiger partial charge in [0.1, 0.15) is 0 Å². The Bertz CT molecular complexity index is 87.8. The zero-order valence-corrected chi connectivity index (χ0v) is 6.21. The third-order valence-corrected chi connectivity index (χ3v) is 1.20. The van der Waals surface area contributed by atoms with Crippen LogP contribution in [0.1, 0.15) is 0 Å². The Labute approximate surface area is 60.8 Å². The van der Waals surface area contributed by atoms with Gasteiger partial charge in [-0.25, -0.2) is 0 Å². The molecule has 0 aromatic heterocycles. The third-order valence-electron chi connectivity index (χ3n) is 1.20. The van der Waals surface area contributed by atoms with E-state index in [2.05, 4.69) is 5.32 Å². The van der Waals surface area contributed by atoms with Gasteiger partial charge in [-0.3, -0.25) is 4.79 Å². The van der Waals surface area contributed by atoms with Crippen LogP contribution in [-0.4, -0.2) is 49.7 Å². The van der Waals surface area contributed by atoms with E-state index in [1.807, 2.05) is 11.9 Å². The van der Waals surface area contributed by atoms with Gasteiger partial charge in [-0.05, 0) is 7.05 Å². The van der Waals surface area contributed by atoms with Gasteiger partial charge in [0.05, 0.1) is 6.61 Å². The molecule has 0 heterocycles. The van der Waals surface area contributed by atoms with Crippen molar-refractivity contribution in [3.63, 3.8) is 0 Å². The lowest BCUT2D eigenvalue weighted by Gasteiger charge is -2.13. The second kappa shape index (κ2) is 6.51. The summed E-state index contributed by atoms with van der Waals surface area (Å²) in [5.74, 6) is 0. The summed E-state index contributed by atoms with van der Waals surface area (Å²) in [6.45, 7) is 2.23. The molecule has 0 saturated heterocycles. The van der Waals surface area contributed by atoms with E-state index in [0.717, 1.165) is 6.54 Å². The fraction of sp³-hybridized carbons (Fsp3) is 0.833. The summed E-state index contributed by atoms with van der Waals surface area (Å²) in [5.41, 5.74) is 0. The highest BCUT2D eigenvalue weighted by atomic mass is 16.3. The van der Waals surface area contributed by atoms with Gasteiger partial charge in [0.15, 0.2) is 0 Å². The Hall–Kier alpha value is -0.610. The molecule has 0 atom stereocenters. The Morgan fingerprint density at radius 3 is 2.80 bits per heavy atom. The van der Waals surface area contributed by atoms with Crippen molar-refractivity contribution >= 4 is 6.41 Å². The largest absolute Gasteiger partial charge is 0.395 e. The van der Waals surface area contributed by atoms with E-state index in [-0.39, 0.29) is 6.61 Å². The smallest absolute Gasteiger partial charge is 0.207 e. The SMILES string of the molecule is CN(CCO)CCNC=O. The van der Waals surface area contributed by atoms with Gasteiger partial charge >= 0.3 is 0 Å². The van der Waals surface area contributed by atoms with E-state index < -0.39 is 0 Å². The van der Waals surface area contributed by atoms with Crippen molar-refractivity contribution in [3.8, 4) is 0 Å². The van der Waals surface area contributed by atoms with Crippen molar-refractivity contribution in [3.05, 3.63) is 0 Å². The van der Waals surface area contributed by atoms with Crippen LogP contribution in [0.5, 0.6) is 0 Å². The molecule has 1 amide bonds. The molecule has 0 aromatic rings. The molecule has 0 bridgehead atoms. The topological polar surface area (TPSA) is 52.6 Å². The average molecular weight is 146 g/mol. The van der Waals surface area contributed by atoms with Crippen molar-refractivity contribution in [1.82, 2.24) is 10.2 Å². The zero-order chi connectivity index (χ0) is 7.82. The number of aliphatic hydroxyl groups is 1. The summed E-state index contributed by atoms with van der Waals surface area (Å²) in [6.07, 6.45) is 0.673.